The zero-order valence-electron chi connectivity index (χ0n) is 16.8. The third kappa shape index (κ3) is 4.81. The van der Waals surface area contributed by atoms with Crippen LogP contribution < -0.4 is 10.1 Å². The Labute approximate surface area is 165 Å². The molecule has 0 saturated carbocycles. The highest BCUT2D eigenvalue weighted by atomic mass is 16.5. The molecule has 0 unspecified atom stereocenters. The highest BCUT2D eigenvalue weighted by Crippen LogP contribution is 2.24. The van der Waals surface area contributed by atoms with Crippen LogP contribution in [-0.2, 0) is 30.7 Å². The van der Waals surface area contributed by atoms with Gasteiger partial charge in [-0.2, -0.15) is 0 Å². The molecule has 28 heavy (non-hydrogen) atoms. The predicted octanol–water partition coefficient (Wildman–Crippen LogP) is 1.37. The fraction of sp³-hybridized carbons (Fsp3) is 0.550. The molecule has 2 heterocycles. The maximum Gasteiger partial charge on any atom is 0.222 e. The molecule has 1 amide bonds. The molecule has 0 radical (unpaired) electrons. The quantitative estimate of drug-likeness (QED) is 0.745. The van der Waals surface area contributed by atoms with E-state index < -0.39 is 0 Å². The van der Waals surface area contributed by atoms with Crippen molar-refractivity contribution in [3.05, 3.63) is 35.4 Å². The number of nitrogens with one attached hydrogen (secondary N) is 1. The second kappa shape index (κ2) is 9.05. The zero-order chi connectivity index (χ0) is 20.1. The summed E-state index contributed by atoms with van der Waals surface area (Å²) in [5.74, 6) is 2.95. The van der Waals surface area contributed by atoms with Gasteiger partial charge in [0.25, 0.3) is 0 Å². The number of aromatic nitrogens is 3. The lowest BCUT2D eigenvalue weighted by Crippen LogP contribution is -2.30. The summed E-state index contributed by atoms with van der Waals surface area (Å²) in [6.07, 6.45) is 1.47. The Morgan fingerprint density at radius 2 is 2.11 bits per heavy atom. The van der Waals surface area contributed by atoms with Crippen molar-refractivity contribution >= 4 is 5.91 Å². The molecule has 1 aliphatic heterocycles. The van der Waals surface area contributed by atoms with Crippen molar-refractivity contribution in [3.8, 4) is 11.5 Å². The molecular weight excluding hydrogens is 358 g/mol. The normalized spacial score (nSPS) is 14.6. The van der Waals surface area contributed by atoms with Gasteiger partial charge in [-0.25, -0.2) is 0 Å². The summed E-state index contributed by atoms with van der Waals surface area (Å²) in [5, 5.41) is 21.7. The van der Waals surface area contributed by atoms with Crippen LogP contribution in [-0.4, -0.2) is 57.4 Å². The molecule has 0 saturated heterocycles. The van der Waals surface area contributed by atoms with E-state index in [1.165, 1.54) is 0 Å². The maximum atomic E-state index is 11.7. The summed E-state index contributed by atoms with van der Waals surface area (Å²) >= 11 is 0. The average molecular weight is 387 g/mol. The molecule has 1 aliphatic rings. The minimum absolute atomic E-state index is 0.0166. The number of phenolic OH excluding ortho intramolecular Hbond substituents is 1. The SMILES string of the molecule is COc1ccc(O)c(CN2CCc3nnc(CCNC(=O)C(C)C)n3CC2)c1. The van der Waals surface area contributed by atoms with Gasteiger partial charge in [0.15, 0.2) is 0 Å². The van der Waals surface area contributed by atoms with Gasteiger partial charge in [-0.1, -0.05) is 13.8 Å². The van der Waals surface area contributed by atoms with Crippen LogP contribution in [0.15, 0.2) is 18.2 Å². The number of aromatic hydroxyl groups is 1. The van der Waals surface area contributed by atoms with E-state index in [1.54, 1.807) is 19.2 Å². The van der Waals surface area contributed by atoms with Crippen molar-refractivity contribution in [2.75, 3.05) is 26.7 Å². The van der Waals surface area contributed by atoms with Crippen LogP contribution in [0, 0.1) is 5.92 Å². The highest BCUT2D eigenvalue weighted by Gasteiger charge is 2.20. The first-order valence-electron chi connectivity index (χ1n) is 9.75. The van der Waals surface area contributed by atoms with Gasteiger partial charge < -0.3 is 19.7 Å². The smallest absolute Gasteiger partial charge is 0.222 e. The van der Waals surface area contributed by atoms with E-state index >= 15 is 0 Å². The lowest BCUT2D eigenvalue weighted by molar-refractivity contribution is -0.123. The number of benzene rings is 1. The van der Waals surface area contributed by atoms with Crippen molar-refractivity contribution in [2.45, 2.75) is 39.8 Å². The lowest BCUT2D eigenvalue weighted by atomic mass is 10.1. The van der Waals surface area contributed by atoms with Crippen LogP contribution in [0.5, 0.6) is 11.5 Å². The molecule has 2 N–H and O–H groups in total. The first-order chi connectivity index (χ1) is 13.5. The van der Waals surface area contributed by atoms with Gasteiger partial charge in [0.1, 0.15) is 23.1 Å². The molecule has 0 spiro atoms. The molecule has 152 valence electrons. The average Bonchev–Trinajstić information content (AvgIpc) is 2.95. The topological polar surface area (TPSA) is 92.5 Å². The summed E-state index contributed by atoms with van der Waals surface area (Å²) in [4.78, 5) is 14.0. The third-order valence-electron chi connectivity index (χ3n) is 5.05. The molecule has 8 heteroatoms. The van der Waals surface area contributed by atoms with Crippen LogP contribution in [0.25, 0.3) is 0 Å². The van der Waals surface area contributed by atoms with Gasteiger partial charge >= 0.3 is 0 Å². The molecule has 3 rings (SSSR count). The Morgan fingerprint density at radius 3 is 2.86 bits per heavy atom. The van der Waals surface area contributed by atoms with Gasteiger partial charge in [0.2, 0.25) is 5.91 Å². The number of rotatable bonds is 7. The molecule has 0 aliphatic carbocycles. The number of methoxy groups -OCH3 is 1. The molecule has 8 nitrogen and oxygen atoms in total. The third-order valence-corrected chi connectivity index (χ3v) is 5.05. The number of amides is 1. The van der Waals surface area contributed by atoms with E-state index in [4.69, 9.17) is 4.74 Å². The summed E-state index contributed by atoms with van der Waals surface area (Å²) in [7, 11) is 1.62. The number of fused-ring (bicyclic) bond motifs is 1. The standard InChI is InChI=1S/C20H29N5O3/c1-14(2)20(27)21-8-6-18-22-23-19-7-9-24(10-11-25(18)19)13-15-12-16(28-3)4-5-17(15)26/h4-5,12,14,26H,6-11,13H2,1-3H3,(H,21,27). The number of ether oxygens (including phenoxy) is 1. The van der Waals surface area contributed by atoms with Gasteiger partial charge in [-0.15, -0.1) is 10.2 Å². The van der Waals surface area contributed by atoms with E-state index in [2.05, 4.69) is 25.0 Å². The predicted molar refractivity (Wildman–Crippen MR) is 105 cm³/mol. The second-order valence-electron chi connectivity index (χ2n) is 7.40. The minimum atomic E-state index is -0.0166. The number of hydrogen-bond acceptors (Lipinski definition) is 6. The molecule has 1 aromatic carbocycles. The Balaban J connectivity index is 1.59. The van der Waals surface area contributed by atoms with E-state index in [0.29, 0.717) is 19.5 Å². The fourth-order valence-electron chi connectivity index (χ4n) is 3.33. The number of carbonyl (C=O) groups excluding carboxylic acids is 1. The summed E-state index contributed by atoms with van der Waals surface area (Å²) in [6.45, 7) is 7.46. The van der Waals surface area contributed by atoms with Gasteiger partial charge in [0, 0.05) is 57.0 Å². The van der Waals surface area contributed by atoms with Crippen LogP contribution in [0.3, 0.4) is 0 Å². The van der Waals surface area contributed by atoms with Crippen molar-refractivity contribution in [2.24, 2.45) is 5.92 Å². The Hall–Kier alpha value is -2.61. The number of nitrogens with zero attached hydrogens (tertiary/aromatic N) is 4. The first kappa shape index (κ1) is 20.1. The van der Waals surface area contributed by atoms with Gasteiger partial charge in [-0.05, 0) is 18.2 Å². The Kier molecular flexibility index (Phi) is 6.51. The van der Waals surface area contributed by atoms with E-state index in [0.717, 1.165) is 49.0 Å². The lowest BCUT2D eigenvalue weighted by Gasteiger charge is -2.20. The van der Waals surface area contributed by atoms with E-state index in [1.807, 2.05) is 19.9 Å². The molecule has 1 aromatic heterocycles. The summed E-state index contributed by atoms with van der Waals surface area (Å²) in [6, 6.07) is 5.31. The largest absolute Gasteiger partial charge is 0.508 e. The number of carbonyl (C=O) groups is 1. The minimum Gasteiger partial charge on any atom is -0.508 e. The Morgan fingerprint density at radius 1 is 1.29 bits per heavy atom. The maximum absolute atomic E-state index is 11.7. The molecule has 2 aromatic rings. The van der Waals surface area contributed by atoms with E-state index in [9.17, 15) is 9.90 Å². The molecule has 0 atom stereocenters. The Bertz CT molecular complexity index is 818. The summed E-state index contributed by atoms with van der Waals surface area (Å²) < 4.78 is 7.42. The summed E-state index contributed by atoms with van der Waals surface area (Å²) in [5.41, 5.74) is 0.855. The second-order valence-corrected chi connectivity index (χ2v) is 7.40. The zero-order valence-corrected chi connectivity index (χ0v) is 16.8. The monoisotopic (exact) mass is 387 g/mol. The van der Waals surface area contributed by atoms with Crippen molar-refractivity contribution in [1.82, 2.24) is 25.0 Å². The number of phenols is 1. The fourth-order valence-corrected chi connectivity index (χ4v) is 3.33. The molecule has 0 bridgehead atoms. The van der Waals surface area contributed by atoms with Crippen LogP contribution in [0.2, 0.25) is 0 Å². The first-order valence-corrected chi connectivity index (χ1v) is 9.75. The number of hydrogen-bond donors (Lipinski definition) is 2. The molecular formula is C20H29N5O3. The highest BCUT2D eigenvalue weighted by molar-refractivity contribution is 5.77. The van der Waals surface area contributed by atoms with Crippen molar-refractivity contribution < 1.29 is 14.6 Å². The van der Waals surface area contributed by atoms with E-state index in [-0.39, 0.29) is 17.6 Å². The molecule has 0 fully saturated rings. The van der Waals surface area contributed by atoms with Gasteiger partial charge in [-0.3, -0.25) is 9.69 Å². The van der Waals surface area contributed by atoms with Crippen molar-refractivity contribution in [1.29, 1.82) is 0 Å². The van der Waals surface area contributed by atoms with Crippen molar-refractivity contribution in [3.63, 3.8) is 0 Å². The van der Waals surface area contributed by atoms with Crippen LogP contribution >= 0.6 is 0 Å². The van der Waals surface area contributed by atoms with Gasteiger partial charge in [0.05, 0.1) is 7.11 Å². The van der Waals surface area contributed by atoms with Crippen LogP contribution in [0.4, 0.5) is 0 Å². The van der Waals surface area contributed by atoms with Crippen LogP contribution in [0.1, 0.15) is 31.1 Å².